The Bertz CT molecular complexity index is 521. The molecular formula is C18H28N2O4. The molecule has 1 aliphatic carbocycles. The number of hydrogen-bond acceptors (Lipinski definition) is 4. The molecule has 2 amide bonds. The van der Waals surface area contributed by atoms with Crippen molar-refractivity contribution in [1.82, 2.24) is 9.80 Å². The minimum absolute atomic E-state index is 0.0786. The molecule has 4 aliphatic rings. The number of ether oxygens (including phenoxy) is 2. The summed E-state index contributed by atoms with van der Waals surface area (Å²) in [5, 5.41) is 0. The zero-order valence-corrected chi connectivity index (χ0v) is 14.6. The molecular weight excluding hydrogens is 308 g/mol. The predicted molar refractivity (Wildman–Crippen MR) is 87.1 cm³/mol. The largest absolute Gasteiger partial charge is 0.347 e. The van der Waals surface area contributed by atoms with Crippen molar-refractivity contribution in [3.05, 3.63) is 0 Å². The van der Waals surface area contributed by atoms with Crippen molar-refractivity contribution in [1.29, 1.82) is 0 Å². The minimum Gasteiger partial charge on any atom is -0.347 e. The van der Waals surface area contributed by atoms with E-state index in [0.29, 0.717) is 39.1 Å². The Morgan fingerprint density at radius 3 is 2.50 bits per heavy atom. The maximum atomic E-state index is 13.5. The van der Waals surface area contributed by atoms with Gasteiger partial charge in [0.2, 0.25) is 11.8 Å². The molecule has 0 aromatic rings. The lowest BCUT2D eigenvalue weighted by atomic mass is 9.64. The fraction of sp³-hybridized carbons (Fsp3) is 0.889. The third-order valence-electron chi connectivity index (χ3n) is 6.69. The maximum Gasteiger partial charge on any atom is 0.230 e. The fourth-order valence-corrected chi connectivity index (χ4v) is 5.26. The molecule has 3 heterocycles. The number of likely N-dealkylation sites (tertiary alicyclic amines) is 2. The summed E-state index contributed by atoms with van der Waals surface area (Å²) in [6.45, 7) is 2.72. The third kappa shape index (κ3) is 2.46. The number of rotatable bonds is 1. The van der Waals surface area contributed by atoms with Gasteiger partial charge in [0, 0.05) is 45.4 Å². The van der Waals surface area contributed by atoms with E-state index in [1.165, 1.54) is 0 Å². The summed E-state index contributed by atoms with van der Waals surface area (Å²) in [6, 6.07) is 0.0786. The Morgan fingerprint density at radius 1 is 1.08 bits per heavy atom. The summed E-state index contributed by atoms with van der Waals surface area (Å²) in [6.07, 6.45) is 6.82. The van der Waals surface area contributed by atoms with Gasteiger partial charge >= 0.3 is 0 Å². The van der Waals surface area contributed by atoms with Crippen LogP contribution in [0.1, 0.15) is 51.4 Å². The van der Waals surface area contributed by atoms with Crippen LogP contribution in [0.4, 0.5) is 0 Å². The van der Waals surface area contributed by atoms with Gasteiger partial charge in [-0.2, -0.15) is 0 Å². The van der Waals surface area contributed by atoms with E-state index in [9.17, 15) is 9.59 Å². The molecule has 6 nitrogen and oxygen atoms in total. The van der Waals surface area contributed by atoms with Gasteiger partial charge in [-0.1, -0.05) is 12.8 Å². The second-order valence-electron chi connectivity index (χ2n) is 7.82. The maximum absolute atomic E-state index is 13.5. The Labute approximate surface area is 143 Å². The first-order valence-corrected chi connectivity index (χ1v) is 9.39. The molecule has 0 aromatic carbocycles. The standard InChI is InChI=1S/C18H28N2O4/c1-19-14-4-2-3-6-17(14,7-5-15(19)21)16(22)20-10-8-18(9-11-20)23-12-13-24-18/h14H,2-13H2,1H3/t14-,17-/m1/s1. The van der Waals surface area contributed by atoms with E-state index in [2.05, 4.69) is 0 Å². The highest BCUT2D eigenvalue weighted by Gasteiger charge is 2.54. The quantitative estimate of drug-likeness (QED) is 0.729. The molecule has 4 rings (SSSR count). The highest BCUT2D eigenvalue weighted by molar-refractivity contribution is 5.88. The highest BCUT2D eigenvalue weighted by Crippen LogP contribution is 2.47. The van der Waals surface area contributed by atoms with Crippen LogP contribution in [0.25, 0.3) is 0 Å². The second kappa shape index (κ2) is 5.99. The van der Waals surface area contributed by atoms with E-state index in [4.69, 9.17) is 9.47 Å². The van der Waals surface area contributed by atoms with Crippen molar-refractivity contribution in [3.8, 4) is 0 Å². The number of piperidine rings is 2. The van der Waals surface area contributed by atoms with Crippen LogP contribution in [-0.4, -0.2) is 66.8 Å². The van der Waals surface area contributed by atoms with Crippen LogP contribution < -0.4 is 0 Å². The van der Waals surface area contributed by atoms with Crippen molar-refractivity contribution in [2.75, 3.05) is 33.4 Å². The van der Waals surface area contributed by atoms with Gasteiger partial charge in [-0.3, -0.25) is 9.59 Å². The molecule has 3 saturated heterocycles. The van der Waals surface area contributed by atoms with Crippen molar-refractivity contribution in [3.63, 3.8) is 0 Å². The predicted octanol–water partition coefficient (Wildman–Crippen LogP) is 1.53. The van der Waals surface area contributed by atoms with Crippen LogP contribution in [0, 0.1) is 5.41 Å². The lowest BCUT2D eigenvalue weighted by molar-refractivity contribution is -0.192. The van der Waals surface area contributed by atoms with Crippen molar-refractivity contribution in [2.24, 2.45) is 5.41 Å². The lowest BCUT2D eigenvalue weighted by Crippen LogP contribution is -2.62. The number of fused-ring (bicyclic) bond motifs is 1. The molecule has 0 aromatic heterocycles. The van der Waals surface area contributed by atoms with Crippen LogP contribution in [0.15, 0.2) is 0 Å². The molecule has 24 heavy (non-hydrogen) atoms. The Morgan fingerprint density at radius 2 is 1.79 bits per heavy atom. The molecule has 0 bridgehead atoms. The van der Waals surface area contributed by atoms with Crippen LogP contribution in [0.5, 0.6) is 0 Å². The molecule has 134 valence electrons. The van der Waals surface area contributed by atoms with E-state index in [-0.39, 0.29) is 23.3 Å². The molecule has 1 spiro atoms. The van der Waals surface area contributed by atoms with Crippen LogP contribution in [-0.2, 0) is 19.1 Å². The third-order valence-corrected chi connectivity index (χ3v) is 6.69. The first-order valence-electron chi connectivity index (χ1n) is 9.39. The molecule has 0 N–H and O–H groups in total. The van der Waals surface area contributed by atoms with Gasteiger partial charge in [-0.05, 0) is 19.3 Å². The summed E-state index contributed by atoms with van der Waals surface area (Å²) in [5.41, 5.74) is -0.358. The van der Waals surface area contributed by atoms with Crippen molar-refractivity contribution in [2.45, 2.75) is 63.2 Å². The fourth-order valence-electron chi connectivity index (χ4n) is 5.26. The highest BCUT2D eigenvalue weighted by atomic mass is 16.7. The van der Waals surface area contributed by atoms with Gasteiger partial charge < -0.3 is 19.3 Å². The molecule has 1 saturated carbocycles. The molecule has 0 radical (unpaired) electrons. The SMILES string of the molecule is CN1C(=O)CC[C@]2(C(=O)N3CCC4(CC3)OCCO4)CCCC[C@@H]12. The Balaban J connectivity index is 1.51. The summed E-state index contributed by atoms with van der Waals surface area (Å²) >= 11 is 0. The normalized spacial score (nSPS) is 36.0. The van der Waals surface area contributed by atoms with Gasteiger partial charge in [0.05, 0.1) is 18.6 Å². The summed E-state index contributed by atoms with van der Waals surface area (Å²) in [4.78, 5) is 29.5. The zero-order chi connectivity index (χ0) is 16.8. The monoisotopic (exact) mass is 336 g/mol. The van der Waals surface area contributed by atoms with Crippen LogP contribution in [0.3, 0.4) is 0 Å². The van der Waals surface area contributed by atoms with Gasteiger partial charge in [0.15, 0.2) is 5.79 Å². The van der Waals surface area contributed by atoms with E-state index < -0.39 is 5.79 Å². The average molecular weight is 336 g/mol. The lowest BCUT2D eigenvalue weighted by Gasteiger charge is -2.52. The molecule has 2 atom stereocenters. The summed E-state index contributed by atoms with van der Waals surface area (Å²) in [5.74, 6) is 0.00907. The number of nitrogens with zero attached hydrogens (tertiary/aromatic N) is 2. The van der Waals surface area contributed by atoms with Gasteiger partial charge in [-0.15, -0.1) is 0 Å². The van der Waals surface area contributed by atoms with E-state index in [0.717, 1.165) is 38.5 Å². The van der Waals surface area contributed by atoms with Crippen molar-refractivity contribution >= 4 is 11.8 Å². The van der Waals surface area contributed by atoms with Gasteiger partial charge in [-0.25, -0.2) is 0 Å². The van der Waals surface area contributed by atoms with Gasteiger partial charge in [0.25, 0.3) is 0 Å². The van der Waals surface area contributed by atoms with E-state index >= 15 is 0 Å². The first kappa shape index (κ1) is 16.3. The number of carbonyl (C=O) groups excluding carboxylic acids is 2. The molecule has 3 aliphatic heterocycles. The van der Waals surface area contributed by atoms with Crippen LogP contribution >= 0.6 is 0 Å². The first-order chi connectivity index (χ1) is 11.6. The molecule has 4 fully saturated rings. The number of carbonyl (C=O) groups is 2. The second-order valence-corrected chi connectivity index (χ2v) is 7.82. The molecule has 6 heteroatoms. The van der Waals surface area contributed by atoms with Crippen LogP contribution in [0.2, 0.25) is 0 Å². The van der Waals surface area contributed by atoms with E-state index in [1.54, 1.807) is 0 Å². The Kier molecular flexibility index (Phi) is 4.07. The average Bonchev–Trinajstić information content (AvgIpc) is 3.07. The van der Waals surface area contributed by atoms with E-state index in [1.807, 2.05) is 16.8 Å². The van der Waals surface area contributed by atoms with Gasteiger partial charge in [0.1, 0.15) is 0 Å². The summed E-state index contributed by atoms with van der Waals surface area (Å²) < 4.78 is 11.6. The number of amides is 2. The smallest absolute Gasteiger partial charge is 0.230 e. The Hall–Kier alpha value is -1.14. The summed E-state index contributed by atoms with van der Waals surface area (Å²) in [7, 11) is 1.88. The minimum atomic E-state index is -0.445. The number of hydrogen-bond donors (Lipinski definition) is 0. The topological polar surface area (TPSA) is 59.1 Å². The zero-order valence-electron chi connectivity index (χ0n) is 14.6. The van der Waals surface area contributed by atoms with Crippen molar-refractivity contribution < 1.29 is 19.1 Å². The molecule has 0 unspecified atom stereocenters.